The first-order valence-electron chi connectivity index (χ1n) is 7.54. The van der Waals surface area contributed by atoms with Crippen LogP contribution in [0.4, 0.5) is 0 Å². The number of rotatable bonds is 2. The number of amides is 1. The summed E-state index contributed by atoms with van der Waals surface area (Å²) in [7, 11) is 0. The van der Waals surface area contributed by atoms with Crippen molar-refractivity contribution < 1.29 is 4.79 Å². The average molecular weight is 267 g/mol. The van der Waals surface area contributed by atoms with Crippen LogP contribution in [-0.4, -0.2) is 11.9 Å². The summed E-state index contributed by atoms with van der Waals surface area (Å²) in [6.45, 7) is 2.24. The van der Waals surface area contributed by atoms with E-state index in [1.165, 1.54) is 24.6 Å². The second-order valence-electron chi connectivity index (χ2n) is 5.90. The van der Waals surface area contributed by atoms with E-state index in [1.54, 1.807) is 0 Å². The molecule has 3 rings (SSSR count). The molecule has 1 N–H and O–H groups in total. The summed E-state index contributed by atoms with van der Waals surface area (Å²) in [5.74, 6) is 0.655. The second-order valence-corrected chi connectivity index (χ2v) is 5.90. The molecule has 0 aliphatic heterocycles. The van der Waals surface area contributed by atoms with Gasteiger partial charge in [0.1, 0.15) is 0 Å². The van der Waals surface area contributed by atoms with E-state index >= 15 is 0 Å². The minimum absolute atomic E-state index is 0.0644. The summed E-state index contributed by atoms with van der Waals surface area (Å²) < 4.78 is 0. The Morgan fingerprint density at radius 3 is 2.60 bits per heavy atom. The first kappa shape index (κ1) is 13.2. The van der Waals surface area contributed by atoms with Gasteiger partial charge in [-0.25, -0.2) is 0 Å². The van der Waals surface area contributed by atoms with Gasteiger partial charge < -0.3 is 5.32 Å². The molecule has 0 spiro atoms. The van der Waals surface area contributed by atoms with Crippen LogP contribution in [0.25, 0.3) is 10.8 Å². The van der Waals surface area contributed by atoms with Crippen molar-refractivity contribution in [1.82, 2.24) is 5.32 Å². The zero-order valence-corrected chi connectivity index (χ0v) is 11.9. The molecule has 1 amide bonds. The third-order valence-electron chi connectivity index (χ3n) is 4.44. The maximum absolute atomic E-state index is 12.4. The predicted molar refractivity (Wildman–Crippen MR) is 82.8 cm³/mol. The van der Waals surface area contributed by atoms with Crippen molar-refractivity contribution in [2.45, 2.75) is 38.6 Å². The van der Waals surface area contributed by atoms with Gasteiger partial charge in [-0.2, -0.15) is 0 Å². The Morgan fingerprint density at radius 2 is 1.80 bits per heavy atom. The van der Waals surface area contributed by atoms with Crippen LogP contribution in [0.1, 0.15) is 43.0 Å². The van der Waals surface area contributed by atoms with Crippen LogP contribution in [0.15, 0.2) is 42.5 Å². The van der Waals surface area contributed by atoms with Gasteiger partial charge in [-0.1, -0.05) is 50.1 Å². The Morgan fingerprint density at radius 1 is 1.05 bits per heavy atom. The van der Waals surface area contributed by atoms with Crippen molar-refractivity contribution in [1.29, 1.82) is 0 Å². The Labute approximate surface area is 120 Å². The number of benzene rings is 2. The van der Waals surface area contributed by atoms with Gasteiger partial charge in [0.25, 0.3) is 5.91 Å². The van der Waals surface area contributed by atoms with E-state index in [4.69, 9.17) is 0 Å². The van der Waals surface area contributed by atoms with Crippen molar-refractivity contribution in [2.75, 3.05) is 0 Å². The summed E-state index contributed by atoms with van der Waals surface area (Å²) in [6, 6.07) is 14.4. The minimum Gasteiger partial charge on any atom is -0.349 e. The fourth-order valence-corrected chi connectivity index (χ4v) is 3.11. The van der Waals surface area contributed by atoms with Crippen LogP contribution >= 0.6 is 0 Å². The fourth-order valence-electron chi connectivity index (χ4n) is 3.11. The molecule has 1 aliphatic rings. The molecular weight excluding hydrogens is 246 g/mol. The van der Waals surface area contributed by atoms with Crippen molar-refractivity contribution >= 4 is 16.7 Å². The molecule has 2 nitrogen and oxygen atoms in total. The van der Waals surface area contributed by atoms with Crippen LogP contribution in [0.5, 0.6) is 0 Å². The second kappa shape index (κ2) is 5.66. The first-order chi connectivity index (χ1) is 9.74. The highest BCUT2D eigenvalue weighted by molar-refractivity contribution is 5.98. The summed E-state index contributed by atoms with van der Waals surface area (Å²) in [5, 5.41) is 5.51. The van der Waals surface area contributed by atoms with E-state index in [1.807, 2.05) is 30.3 Å². The standard InChI is InChI=1S/C18H21NO/c1-13-6-2-5-9-17(13)19-18(20)16-11-10-14-7-3-4-8-15(14)12-16/h3-4,7-8,10-13,17H,2,5-6,9H2,1H3,(H,19,20). The fraction of sp³-hybridized carbons (Fsp3) is 0.389. The van der Waals surface area contributed by atoms with E-state index < -0.39 is 0 Å². The molecule has 0 radical (unpaired) electrons. The van der Waals surface area contributed by atoms with E-state index in [0.717, 1.165) is 17.4 Å². The van der Waals surface area contributed by atoms with Crippen LogP contribution in [0, 0.1) is 5.92 Å². The molecular formula is C18H21NO. The molecule has 2 aromatic rings. The van der Waals surface area contributed by atoms with E-state index in [2.05, 4.69) is 24.4 Å². The molecule has 2 heteroatoms. The monoisotopic (exact) mass is 267 g/mol. The quantitative estimate of drug-likeness (QED) is 0.870. The van der Waals surface area contributed by atoms with Crippen LogP contribution in [0.3, 0.4) is 0 Å². The Hall–Kier alpha value is -1.83. The molecule has 1 saturated carbocycles. The smallest absolute Gasteiger partial charge is 0.251 e. The summed E-state index contributed by atoms with van der Waals surface area (Å²) in [6.07, 6.45) is 4.86. The molecule has 0 heterocycles. The summed E-state index contributed by atoms with van der Waals surface area (Å²) in [5.41, 5.74) is 0.765. The van der Waals surface area contributed by atoms with Gasteiger partial charge in [0, 0.05) is 11.6 Å². The van der Waals surface area contributed by atoms with Crippen molar-refractivity contribution in [3.8, 4) is 0 Å². The van der Waals surface area contributed by atoms with Gasteiger partial charge in [-0.15, -0.1) is 0 Å². The number of fused-ring (bicyclic) bond motifs is 1. The predicted octanol–water partition coefficient (Wildman–Crippen LogP) is 4.15. The SMILES string of the molecule is CC1CCCCC1NC(=O)c1ccc2ccccc2c1. The van der Waals surface area contributed by atoms with Crippen molar-refractivity contribution in [3.05, 3.63) is 48.0 Å². The highest BCUT2D eigenvalue weighted by atomic mass is 16.1. The lowest BCUT2D eigenvalue weighted by Gasteiger charge is -2.29. The van der Waals surface area contributed by atoms with E-state index in [0.29, 0.717) is 12.0 Å². The molecule has 1 aliphatic carbocycles. The highest BCUT2D eigenvalue weighted by Crippen LogP contribution is 2.24. The maximum Gasteiger partial charge on any atom is 0.251 e. The number of carbonyl (C=O) groups excluding carboxylic acids is 1. The zero-order chi connectivity index (χ0) is 13.9. The van der Waals surface area contributed by atoms with Gasteiger partial charge in [-0.3, -0.25) is 4.79 Å². The average Bonchev–Trinajstić information content (AvgIpc) is 2.49. The molecule has 2 unspecified atom stereocenters. The van der Waals surface area contributed by atoms with Crippen molar-refractivity contribution in [3.63, 3.8) is 0 Å². The number of hydrogen-bond donors (Lipinski definition) is 1. The molecule has 0 aromatic heterocycles. The lowest BCUT2D eigenvalue weighted by atomic mass is 9.86. The Bertz CT molecular complexity index is 620. The molecule has 20 heavy (non-hydrogen) atoms. The van der Waals surface area contributed by atoms with Crippen LogP contribution in [-0.2, 0) is 0 Å². The van der Waals surface area contributed by atoms with E-state index in [-0.39, 0.29) is 5.91 Å². The molecule has 2 aromatic carbocycles. The normalized spacial score (nSPS) is 22.6. The molecule has 0 saturated heterocycles. The Kier molecular flexibility index (Phi) is 3.72. The van der Waals surface area contributed by atoms with Gasteiger partial charge in [0.2, 0.25) is 0 Å². The number of carbonyl (C=O) groups is 1. The zero-order valence-electron chi connectivity index (χ0n) is 11.9. The molecule has 104 valence electrons. The van der Waals surface area contributed by atoms with Crippen LogP contribution in [0.2, 0.25) is 0 Å². The van der Waals surface area contributed by atoms with Gasteiger partial charge >= 0.3 is 0 Å². The maximum atomic E-state index is 12.4. The lowest BCUT2D eigenvalue weighted by Crippen LogP contribution is -2.41. The summed E-state index contributed by atoms with van der Waals surface area (Å²) in [4.78, 5) is 12.4. The van der Waals surface area contributed by atoms with Crippen molar-refractivity contribution in [2.24, 2.45) is 5.92 Å². The number of nitrogens with one attached hydrogen (secondary N) is 1. The molecule has 0 bridgehead atoms. The number of hydrogen-bond acceptors (Lipinski definition) is 1. The topological polar surface area (TPSA) is 29.1 Å². The van der Waals surface area contributed by atoms with Crippen LogP contribution < -0.4 is 5.32 Å². The highest BCUT2D eigenvalue weighted by Gasteiger charge is 2.23. The minimum atomic E-state index is 0.0644. The third-order valence-corrected chi connectivity index (χ3v) is 4.44. The molecule has 1 fully saturated rings. The third kappa shape index (κ3) is 2.69. The summed E-state index contributed by atoms with van der Waals surface area (Å²) >= 11 is 0. The molecule has 2 atom stereocenters. The Balaban J connectivity index is 1.78. The lowest BCUT2D eigenvalue weighted by molar-refractivity contribution is 0.0910. The largest absolute Gasteiger partial charge is 0.349 e. The van der Waals surface area contributed by atoms with Gasteiger partial charge in [-0.05, 0) is 41.7 Å². The first-order valence-corrected chi connectivity index (χ1v) is 7.54. The van der Waals surface area contributed by atoms with E-state index in [9.17, 15) is 4.79 Å². The van der Waals surface area contributed by atoms with Gasteiger partial charge in [0.05, 0.1) is 0 Å². The van der Waals surface area contributed by atoms with Gasteiger partial charge in [0.15, 0.2) is 0 Å².